The van der Waals surface area contributed by atoms with E-state index in [1.165, 1.54) is 6.07 Å². The number of halogens is 1. The van der Waals surface area contributed by atoms with E-state index in [9.17, 15) is 14.3 Å². The Morgan fingerprint density at radius 3 is 2.94 bits per heavy atom. The maximum atomic E-state index is 13.8. The molecular formula is C13H16FNO2. The molecule has 0 radical (unpaired) electrons. The van der Waals surface area contributed by atoms with Gasteiger partial charge in [-0.15, -0.1) is 0 Å². The van der Waals surface area contributed by atoms with Crippen molar-refractivity contribution in [3.8, 4) is 0 Å². The number of carbonyl (C=O) groups is 1. The van der Waals surface area contributed by atoms with Gasteiger partial charge in [-0.05, 0) is 32.3 Å². The van der Waals surface area contributed by atoms with Crippen molar-refractivity contribution in [2.75, 3.05) is 0 Å². The monoisotopic (exact) mass is 237 g/mol. The minimum atomic E-state index is -1.38. The Morgan fingerprint density at radius 1 is 1.53 bits per heavy atom. The minimum Gasteiger partial charge on any atom is -0.385 e. The zero-order valence-electron chi connectivity index (χ0n) is 9.74. The van der Waals surface area contributed by atoms with Gasteiger partial charge in [-0.3, -0.25) is 4.79 Å². The number of aliphatic hydroxyl groups excluding tert-OH is 1. The van der Waals surface area contributed by atoms with E-state index in [1.54, 1.807) is 12.1 Å². The molecule has 17 heavy (non-hydrogen) atoms. The molecule has 2 atom stereocenters. The second-order valence-corrected chi connectivity index (χ2v) is 4.73. The van der Waals surface area contributed by atoms with E-state index < -0.39 is 23.2 Å². The number of rotatable bonds is 1. The largest absolute Gasteiger partial charge is 0.385 e. The average molecular weight is 237 g/mol. The van der Waals surface area contributed by atoms with Gasteiger partial charge in [0.15, 0.2) is 5.78 Å². The Bertz CT molecular complexity index is 461. The van der Waals surface area contributed by atoms with E-state index in [0.717, 1.165) is 5.56 Å². The number of hydrogen-bond donors (Lipinski definition) is 2. The first kappa shape index (κ1) is 12.2. The van der Waals surface area contributed by atoms with Gasteiger partial charge in [-0.1, -0.05) is 17.7 Å². The van der Waals surface area contributed by atoms with Crippen molar-refractivity contribution in [2.45, 2.75) is 37.8 Å². The number of Topliss-reactive ketones (excluding diaryl/α,β-unsaturated/α-hetero) is 1. The van der Waals surface area contributed by atoms with Crippen molar-refractivity contribution in [2.24, 2.45) is 5.73 Å². The fraction of sp³-hybridized carbons (Fsp3) is 0.462. The number of ketones is 1. The van der Waals surface area contributed by atoms with E-state index >= 15 is 0 Å². The summed E-state index contributed by atoms with van der Waals surface area (Å²) >= 11 is 0. The molecule has 2 unspecified atom stereocenters. The van der Waals surface area contributed by atoms with E-state index in [0.29, 0.717) is 19.3 Å². The third kappa shape index (κ3) is 1.98. The lowest BCUT2D eigenvalue weighted by Crippen LogP contribution is -2.53. The summed E-state index contributed by atoms with van der Waals surface area (Å²) in [5, 5.41) is 9.58. The summed E-state index contributed by atoms with van der Waals surface area (Å²) < 4.78 is 13.8. The Hall–Kier alpha value is -1.26. The van der Waals surface area contributed by atoms with Gasteiger partial charge in [-0.2, -0.15) is 0 Å². The normalized spacial score (nSPS) is 29.4. The number of nitrogens with two attached hydrogens (primary N) is 1. The van der Waals surface area contributed by atoms with E-state index in [2.05, 4.69) is 0 Å². The van der Waals surface area contributed by atoms with Crippen LogP contribution in [0.25, 0.3) is 0 Å². The van der Waals surface area contributed by atoms with E-state index in [1.807, 2.05) is 6.92 Å². The van der Waals surface area contributed by atoms with Crippen molar-refractivity contribution in [1.82, 2.24) is 0 Å². The molecule has 1 aromatic rings. The highest BCUT2D eigenvalue weighted by atomic mass is 19.1. The van der Waals surface area contributed by atoms with Crippen LogP contribution in [-0.2, 0) is 10.3 Å². The highest BCUT2D eigenvalue weighted by Crippen LogP contribution is 2.34. The van der Waals surface area contributed by atoms with Crippen molar-refractivity contribution in [1.29, 1.82) is 0 Å². The summed E-state index contributed by atoms with van der Waals surface area (Å²) in [6.07, 6.45) is 0.333. The van der Waals surface area contributed by atoms with Crippen molar-refractivity contribution < 1.29 is 14.3 Å². The SMILES string of the molecule is Cc1ccc(F)c(C2(N)CCCC(O)C2=O)c1. The molecule has 4 heteroatoms. The summed E-state index contributed by atoms with van der Waals surface area (Å²) in [6.45, 7) is 1.82. The summed E-state index contributed by atoms with van der Waals surface area (Å²) in [5.41, 5.74) is 5.70. The molecule has 1 fully saturated rings. The first-order valence-corrected chi connectivity index (χ1v) is 5.73. The zero-order valence-corrected chi connectivity index (χ0v) is 9.74. The quantitative estimate of drug-likeness (QED) is 0.776. The average Bonchev–Trinajstić information content (AvgIpc) is 2.29. The third-order valence-electron chi connectivity index (χ3n) is 3.39. The molecule has 0 aromatic heterocycles. The third-order valence-corrected chi connectivity index (χ3v) is 3.39. The summed E-state index contributed by atoms with van der Waals surface area (Å²) in [5.74, 6) is -0.964. The molecule has 1 saturated carbocycles. The van der Waals surface area contributed by atoms with Crippen LogP contribution in [0.2, 0.25) is 0 Å². The molecule has 0 aliphatic heterocycles. The molecule has 0 bridgehead atoms. The molecule has 92 valence electrons. The summed E-state index contributed by atoms with van der Waals surface area (Å²) in [7, 11) is 0. The number of aryl methyl sites for hydroxylation is 1. The molecule has 3 nitrogen and oxygen atoms in total. The van der Waals surface area contributed by atoms with Crippen LogP contribution < -0.4 is 5.73 Å². The fourth-order valence-corrected chi connectivity index (χ4v) is 2.37. The lowest BCUT2D eigenvalue weighted by molar-refractivity contribution is -0.136. The van der Waals surface area contributed by atoms with Crippen LogP contribution in [0.4, 0.5) is 4.39 Å². The smallest absolute Gasteiger partial charge is 0.185 e. The predicted octanol–water partition coefficient (Wildman–Crippen LogP) is 1.40. The standard InChI is InChI=1S/C13H16FNO2/c1-8-4-5-10(14)9(7-8)13(15)6-2-3-11(16)12(13)17/h4-5,7,11,16H,2-3,6,15H2,1H3. The van der Waals surface area contributed by atoms with Crippen LogP contribution in [-0.4, -0.2) is 17.0 Å². The second-order valence-electron chi connectivity index (χ2n) is 4.73. The first-order chi connectivity index (χ1) is 7.95. The van der Waals surface area contributed by atoms with Crippen LogP contribution in [0, 0.1) is 12.7 Å². The highest BCUT2D eigenvalue weighted by Gasteiger charge is 2.43. The molecule has 0 heterocycles. The van der Waals surface area contributed by atoms with Gasteiger partial charge in [0.25, 0.3) is 0 Å². The van der Waals surface area contributed by atoms with Crippen molar-refractivity contribution in [3.63, 3.8) is 0 Å². The molecule has 0 saturated heterocycles. The van der Waals surface area contributed by atoms with Crippen LogP contribution in [0.5, 0.6) is 0 Å². The van der Waals surface area contributed by atoms with Gasteiger partial charge in [0.1, 0.15) is 17.5 Å². The van der Waals surface area contributed by atoms with E-state index in [4.69, 9.17) is 5.73 Å². The maximum Gasteiger partial charge on any atom is 0.185 e. The number of carbonyl (C=O) groups excluding carboxylic acids is 1. The molecular weight excluding hydrogens is 221 g/mol. The number of aliphatic hydroxyl groups is 1. The number of benzene rings is 1. The Kier molecular flexibility index (Phi) is 3.02. The maximum absolute atomic E-state index is 13.8. The topological polar surface area (TPSA) is 63.3 Å². The molecule has 1 aliphatic carbocycles. The Morgan fingerprint density at radius 2 is 2.24 bits per heavy atom. The second kappa shape index (κ2) is 4.20. The highest BCUT2D eigenvalue weighted by molar-refractivity contribution is 5.93. The van der Waals surface area contributed by atoms with Crippen LogP contribution in [0.3, 0.4) is 0 Å². The lowest BCUT2D eigenvalue weighted by Gasteiger charge is -2.35. The molecule has 0 amide bonds. The van der Waals surface area contributed by atoms with Gasteiger partial charge >= 0.3 is 0 Å². The van der Waals surface area contributed by atoms with Gasteiger partial charge in [0.05, 0.1) is 0 Å². The Balaban J connectivity index is 2.50. The van der Waals surface area contributed by atoms with Gasteiger partial charge < -0.3 is 10.8 Å². The van der Waals surface area contributed by atoms with Crippen molar-refractivity contribution >= 4 is 5.78 Å². The molecule has 1 aliphatic rings. The van der Waals surface area contributed by atoms with Crippen LogP contribution in [0.1, 0.15) is 30.4 Å². The molecule has 0 spiro atoms. The summed E-state index contributed by atoms with van der Waals surface area (Å²) in [4.78, 5) is 12.0. The van der Waals surface area contributed by atoms with Gasteiger partial charge in [0, 0.05) is 5.56 Å². The van der Waals surface area contributed by atoms with Crippen molar-refractivity contribution in [3.05, 3.63) is 35.1 Å². The van der Waals surface area contributed by atoms with E-state index in [-0.39, 0.29) is 5.56 Å². The van der Waals surface area contributed by atoms with Crippen LogP contribution >= 0.6 is 0 Å². The summed E-state index contributed by atoms with van der Waals surface area (Å²) in [6, 6.07) is 4.53. The lowest BCUT2D eigenvalue weighted by atomic mass is 9.74. The van der Waals surface area contributed by atoms with Gasteiger partial charge in [0.2, 0.25) is 0 Å². The fourth-order valence-electron chi connectivity index (χ4n) is 2.37. The predicted molar refractivity (Wildman–Crippen MR) is 61.9 cm³/mol. The van der Waals surface area contributed by atoms with Crippen LogP contribution in [0.15, 0.2) is 18.2 Å². The molecule has 2 rings (SSSR count). The molecule has 3 N–H and O–H groups in total. The first-order valence-electron chi connectivity index (χ1n) is 5.73. The zero-order chi connectivity index (χ0) is 12.6. The van der Waals surface area contributed by atoms with Gasteiger partial charge in [-0.25, -0.2) is 4.39 Å². The Labute approximate surface area is 99.4 Å². The number of hydrogen-bond acceptors (Lipinski definition) is 3. The molecule has 1 aromatic carbocycles. The minimum absolute atomic E-state index is 0.196.